The monoisotopic (exact) mass is 625 g/mol. The number of hydrogen-bond acceptors (Lipinski definition) is 7. The van der Waals surface area contributed by atoms with Gasteiger partial charge in [-0.1, -0.05) is 63.3 Å². The smallest absolute Gasteiger partial charge is 0.308 e. The molecule has 6 rings (SSSR count). The molecular formula is C27H20BrN3O4S3. The van der Waals surface area contributed by atoms with Crippen molar-refractivity contribution in [1.29, 1.82) is 0 Å². The molecule has 2 aliphatic heterocycles. The molecule has 3 atom stereocenters. The van der Waals surface area contributed by atoms with Gasteiger partial charge in [-0.25, -0.2) is 4.90 Å². The molecular weight excluding hydrogens is 606 g/mol. The van der Waals surface area contributed by atoms with E-state index in [9.17, 15) is 19.2 Å². The third kappa shape index (κ3) is 4.27. The second-order valence-corrected chi connectivity index (χ2v) is 13.1. The van der Waals surface area contributed by atoms with Crippen molar-refractivity contribution in [2.24, 2.45) is 5.92 Å². The number of imide groups is 1. The lowest BCUT2D eigenvalue weighted by Gasteiger charge is -2.29. The van der Waals surface area contributed by atoms with Crippen molar-refractivity contribution in [2.75, 3.05) is 10.2 Å². The Balaban J connectivity index is 1.39. The lowest BCUT2D eigenvalue weighted by molar-refractivity contribution is -0.122. The van der Waals surface area contributed by atoms with Gasteiger partial charge in [-0.15, -0.1) is 11.3 Å². The number of halogens is 1. The summed E-state index contributed by atoms with van der Waals surface area (Å²) in [6.45, 7) is 1.72. The third-order valence-corrected chi connectivity index (χ3v) is 10.8. The van der Waals surface area contributed by atoms with Crippen molar-refractivity contribution in [2.45, 2.75) is 29.7 Å². The van der Waals surface area contributed by atoms with Crippen molar-refractivity contribution >= 4 is 79.5 Å². The highest BCUT2D eigenvalue weighted by molar-refractivity contribution is 9.10. The number of thiazole rings is 1. The molecule has 4 heterocycles. The second kappa shape index (κ2) is 9.96. The van der Waals surface area contributed by atoms with Crippen molar-refractivity contribution in [3.8, 4) is 0 Å². The van der Waals surface area contributed by atoms with Crippen molar-refractivity contribution < 1.29 is 14.4 Å². The van der Waals surface area contributed by atoms with E-state index in [1.807, 2.05) is 48.7 Å². The Labute approximate surface area is 238 Å². The summed E-state index contributed by atoms with van der Waals surface area (Å²) in [4.78, 5) is 56.3. The number of anilines is 2. The van der Waals surface area contributed by atoms with Crippen LogP contribution in [0.2, 0.25) is 0 Å². The summed E-state index contributed by atoms with van der Waals surface area (Å²) in [6.07, 6.45) is 0. The van der Waals surface area contributed by atoms with Gasteiger partial charge in [0.25, 0.3) is 0 Å². The summed E-state index contributed by atoms with van der Waals surface area (Å²) in [7, 11) is 0. The number of hydrogen-bond donors (Lipinski definition) is 1. The van der Waals surface area contributed by atoms with Crippen molar-refractivity contribution in [3.63, 3.8) is 0 Å². The summed E-state index contributed by atoms with van der Waals surface area (Å²) >= 11 is 7.16. The lowest BCUT2D eigenvalue weighted by Crippen LogP contribution is -2.32. The Morgan fingerprint density at radius 3 is 2.47 bits per heavy atom. The minimum atomic E-state index is -0.703. The quantitative estimate of drug-likeness (QED) is 0.297. The number of para-hydroxylation sites is 1. The van der Waals surface area contributed by atoms with Crippen LogP contribution in [0.1, 0.15) is 21.2 Å². The minimum absolute atomic E-state index is 0.181. The van der Waals surface area contributed by atoms with E-state index < -0.39 is 17.1 Å². The van der Waals surface area contributed by atoms with Gasteiger partial charge in [0.05, 0.1) is 16.6 Å². The zero-order chi connectivity index (χ0) is 26.6. The van der Waals surface area contributed by atoms with E-state index in [0.717, 1.165) is 31.1 Å². The summed E-state index contributed by atoms with van der Waals surface area (Å²) in [5.41, 5.74) is 2.11. The largest absolute Gasteiger partial charge is 0.324 e. The molecule has 2 aliphatic rings. The first-order valence-electron chi connectivity index (χ1n) is 11.8. The molecule has 7 nitrogen and oxygen atoms in total. The summed E-state index contributed by atoms with van der Waals surface area (Å²) < 4.78 is 2.29. The van der Waals surface area contributed by atoms with Crippen LogP contribution in [0.3, 0.4) is 0 Å². The number of thiophene rings is 1. The van der Waals surface area contributed by atoms with Crippen LogP contribution < -0.4 is 15.1 Å². The van der Waals surface area contributed by atoms with Gasteiger partial charge in [0.1, 0.15) is 11.8 Å². The maximum absolute atomic E-state index is 13.8. The number of nitrogens with zero attached hydrogens (tertiary/aromatic N) is 2. The molecule has 4 aromatic rings. The number of nitrogens with one attached hydrogen (secondary N) is 1. The molecule has 1 N–H and O–H groups in total. The summed E-state index contributed by atoms with van der Waals surface area (Å²) in [6, 6.07) is 18.3. The van der Waals surface area contributed by atoms with Crippen LogP contribution >= 0.6 is 50.4 Å². The number of amides is 3. The number of fused-ring (bicyclic) bond motifs is 2. The average Bonchev–Trinajstić information content (AvgIpc) is 3.59. The number of carbonyl (C=O) groups excluding carboxylic acids is 3. The van der Waals surface area contributed by atoms with Crippen molar-refractivity contribution in [3.05, 3.63) is 95.5 Å². The molecule has 0 spiro atoms. The second-order valence-electron chi connectivity index (χ2n) is 9.03. The fraction of sp³-hybridized carbons (Fsp3) is 0.185. The Morgan fingerprint density at radius 1 is 1.00 bits per heavy atom. The Bertz CT molecular complexity index is 1630. The van der Waals surface area contributed by atoms with Crippen LogP contribution in [-0.4, -0.2) is 27.5 Å². The van der Waals surface area contributed by atoms with Crippen LogP contribution in [0.25, 0.3) is 0 Å². The number of aryl methyl sites for hydroxylation is 1. The van der Waals surface area contributed by atoms with Gasteiger partial charge in [0.15, 0.2) is 0 Å². The van der Waals surface area contributed by atoms with Gasteiger partial charge >= 0.3 is 4.87 Å². The van der Waals surface area contributed by atoms with E-state index in [2.05, 4.69) is 21.2 Å². The maximum atomic E-state index is 13.8. The third-order valence-electron chi connectivity index (χ3n) is 6.70. The van der Waals surface area contributed by atoms with Gasteiger partial charge in [0.2, 0.25) is 17.7 Å². The fourth-order valence-corrected chi connectivity index (χ4v) is 8.91. The van der Waals surface area contributed by atoms with E-state index in [1.54, 1.807) is 24.3 Å². The highest BCUT2D eigenvalue weighted by Crippen LogP contribution is 2.54. The van der Waals surface area contributed by atoms with Crippen LogP contribution in [0, 0.1) is 12.8 Å². The van der Waals surface area contributed by atoms with Gasteiger partial charge in [-0.3, -0.25) is 23.7 Å². The predicted molar refractivity (Wildman–Crippen MR) is 154 cm³/mol. The topological polar surface area (TPSA) is 88.5 Å². The SMILES string of the molecule is Cc1ccccc1NC(=O)Cn1c2c(sc1=O)[C@@H](c1cccs1)[C@@H]1C(=O)N(c3ccc(Br)cc3)C(=O)[C@@H]1S2. The lowest BCUT2D eigenvalue weighted by atomic mass is 9.87. The number of benzene rings is 2. The van der Waals surface area contributed by atoms with Gasteiger partial charge in [0, 0.05) is 25.8 Å². The van der Waals surface area contributed by atoms with E-state index in [-0.39, 0.29) is 29.1 Å². The van der Waals surface area contributed by atoms with Gasteiger partial charge in [-0.2, -0.15) is 0 Å². The predicted octanol–water partition coefficient (Wildman–Crippen LogP) is 5.48. The molecule has 0 bridgehead atoms. The minimum Gasteiger partial charge on any atom is -0.324 e. The number of rotatable bonds is 5. The van der Waals surface area contributed by atoms with Crippen LogP contribution in [-0.2, 0) is 20.9 Å². The molecule has 0 saturated carbocycles. The highest BCUT2D eigenvalue weighted by atomic mass is 79.9. The summed E-state index contributed by atoms with van der Waals surface area (Å²) in [5, 5.41) is 4.69. The molecule has 1 saturated heterocycles. The molecule has 0 aliphatic carbocycles. The maximum Gasteiger partial charge on any atom is 0.308 e. The zero-order valence-electron chi connectivity index (χ0n) is 19.9. The normalized spacial score (nSPS) is 20.4. The highest BCUT2D eigenvalue weighted by Gasteiger charge is 2.57. The Morgan fingerprint density at radius 2 is 1.76 bits per heavy atom. The molecule has 1 fully saturated rings. The van der Waals surface area contributed by atoms with E-state index >= 15 is 0 Å². The number of aromatic nitrogens is 1. The molecule has 0 unspecified atom stereocenters. The van der Waals surface area contributed by atoms with E-state index in [0.29, 0.717) is 16.4 Å². The van der Waals surface area contributed by atoms with Gasteiger partial charge < -0.3 is 5.32 Å². The first kappa shape index (κ1) is 25.3. The van der Waals surface area contributed by atoms with E-state index in [4.69, 9.17) is 0 Å². The molecule has 2 aromatic carbocycles. The molecule has 38 heavy (non-hydrogen) atoms. The number of thioether (sulfide) groups is 1. The van der Waals surface area contributed by atoms with Crippen LogP contribution in [0.5, 0.6) is 0 Å². The Kier molecular flexibility index (Phi) is 6.63. The first-order valence-corrected chi connectivity index (χ1v) is 15.1. The zero-order valence-corrected chi connectivity index (χ0v) is 24.0. The fourth-order valence-electron chi connectivity index (χ4n) is 4.92. The van der Waals surface area contributed by atoms with E-state index in [1.165, 1.54) is 32.6 Å². The molecule has 0 radical (unpaired) electrons. The molecule has 2 aromatic heterocycles. The summed E-state index contributed by atoms with van der Waals surface area (Å²) in [5.74, 6) is -2.00. The molecule has 3 amide bonds. The first-order chi connectivity index (χ1) is 18.3. The average molecular weight is 627 g/mol. The van der Waals surface area contributed by atoms with Gasteiger partial charge in [-0.05, 0) is 54.3 Å². The van der Waals surface area contributed by atoms with Crippen molar-refractivity contribution in [1.82, 2.24) is 4.57 Å². The Hall–Kier alpha value is -2.99. The molecule has 192 valence electrons. The molecule has 11 heteroatoms. The van der Waals surface area contributed by atoms with Crippen LogP contribution in [0.4, 0.5) is 11.4 Å². The number of carbonyl (C=O) groups is 3. The standard InChI is InChI=1S/C27H20BrN3O4S3/c1-14-5-2-3-6-17(14)29-19(32)13-30-26-23(38-27(30)35)20(18-7-4-12-36-18)21-22(37-26)25(34)31(24(21)33)16-10-8-15(28)9-11-16/h2-12,20-22H,13H2,1H3,(H,29,32)/t20-,21-,22+/m0/s1. The van der Waals surface area contributed by atoms with Crippen LogP contribution in [0.15, 0.2) is 80.3 Å².